The number of fused-ring (bicyclic) bond motifs is 1. The van der Waals surface area contributed by atoms with Crippen molar-refractivity contribution < 1.29 is 4.74 Å². The molecular formula is C9H10N4O. The monoisotopic (exact) mass is 190 g/mol. The zero-order valence-corrected chi connectivity index (χ0v) is 7.63. The van der Waals surface area contributed by atoms with E-state index in [1.54, 1.807) is 6.20 Å². The fourth-order valence-corrected chi connectivity index (χ4v) is 1.74. The summed E-state index contributed by atoms with van der Waals surface area (Å²) in [6.07, 6.45) is 2.76. The highest BCUT2D eigenvalue weighted by atomic mass is 16.5. The quantitative estimate of drug-likeness (QED) is 0.667. The minimum atomic E-state index is 0.301. The summed E-state index contributed by atoms with van der Waals surface area (Å²) in [5.74, 6) is 0. The van der Waals surface area contributed by atoms with Crippen LogP contribution >= 0.6 is 0 Å². The van der Waals surface area contributed by atoms with E-state index in [0.717, 1.165) is 30.8 Å². The van der Waals surface area contributed by atoms with Gasteiger partial charge in [0, 0.05) is 12.8 Å². The molecule has 0 saturated carbocycles. The van der Waals surface area contributed by atoms with Crippen LogP contribution in [0.2, 0.25) is 0 Å². The molecule has 1 fully saturated rings. The molecule has 5 nitrogen and oxygen atoms in total. The van der Waals surface area contributed by atoms with Gasteiger partial charge in [0.15, 0.2) is 5.65 Å². The lowest BCUT2D eigenvalue weighted by Crippen LogP contribution is -2.10. The first-order valence-electron chi connectivity index (χ1n) is 4.69. The van der Waals surface area contributed by atoms with Crippen molar-refractivity contribution >= 4 is 11.2 Å². The number of ether oxygens (including phenoxy) is 1. The van der Waals surface area contributed by atoms with Crippen molar-refractivity contribution in [3.63, 3.8) is 0 Å². The van der Waals surface area contributed by atoms with Gasteiger partial charge >= 0.3 is 0 Å². The smallest absolute Gasteiger partial charge is 0.178 e. The summed E-state index contributed by atoms with van der Waals surface area (Å²) in [4.78, 5) is 4.27. The van der Waals surface area contributed by atoms with Crippen LogP contribution in [0, 0.1) is 0 Å². The number of hydrogen-bond donors (Lipinski definition) is 0. The van der Waals surface area contributed by atoms with E-state index in [-0.39, 0.29) is 0 Å². The number of hydrogen-bond acceptors (Lipinski definition) is 4. The van der Waals surface area contributed by atoms with E-state index in [4.69, 9.17) is 4.74 Å². The molecule has 0 N–H and O–H groups in total. The van der Waals surface area contributed by atoms with Crippen LogP contribution in [-0.4, -0.2) is 33.2 Å². The molecule has 1 unspecified atom stereocenters. The summed E-state index contributed by atoms with van der Waals surface area (Å²) in [5.41, 5.74) is 1.70. The lowest BCUT2D eigenvalue weighted by molar-refractivity contribution is 0.184. The highest BCUT2D eigenvalue weighted by Crippen LogP contribution is 2.20. The Morgan fingerprint density at radius 1 is 1.50 bits per heavy atom. The Balaban J connectivity index is 2.11. The second kappa shape index (κ2) is 3.02. The van der Waals surface area contributed by atoms with Crippen molar-refractivity contribution in [2.24, 2.45) is 0 Å². The average Bonchev–Trinajstić information content (AvgIpc) is 2.85. The van der Waals surface area contributed by atoms with Crippen molar-refractivity contribution in [2.45, 2.75) is 12.5 Å². The molecule has 2 aromatic heterocycles. The normalized spacial score (nSPS) is 21.9. The van der Waals surface area contributed by atoms with Crippen molar-refractivity contribution in [2.75, 3.05) is 13.2 Å². The summed E-state index contributed by atoms with van der Waals surface area (Å²) in [7, 11) is 0. The fourth-order valence-electron chi connectivity index (χ4n) is 1.74. The maximum Gasteiger partial charge on any atom is 0.178 e. The third kappa shape index (κ3) is 1.09. The highest BCUT2D eigenvalue weighted by Gasteiger charge is 2.20. The molecule has 0 amide bonds. The Labute approximate surface area is 80.7 Å². The van der Waals surface area contributed by atoms with Gasteiger partial charge in [-0.25, -0.2) is 9.67 Å². The van der Waals surface area contributed by atoms with E-state index in [9.17, 15) is 0 Å². The largest absolute Gasteiger partial charge is 0.379 e. The molecule has 2 aromatic rings. The lowest BCUT2D eigenvalue weighted by atomic mass is 10.3. The number of rotatable bonds is 1. The van der Waals surface area contributed by atoms with Crippen molar-refractivity contribution in [3.8, 4) is 0 Å². The average molecular weight is 190 g/mol. The van der Waals surface area contributed by atoms with E-state index in [1.807, 2.05) is 16.8 Å². The molecule has 1 saturated heterocycles. The van der Waals surface area contributed by atoms with Crippen molar-refractivity contribution in [1.82, 2.24) is 20.0 Å². The van der Waals surface area contributed by atoms with Crippen LogP contribution in [0.5, 0.6) is 0 Å². The molecule has 1 atom stereocenters. The van der Waals surface area contributed by atoms with Gasteiger partial charge in [-0.1, -0.05) is 5.21 Å². The van der Waals surface area contributed by atoms with Crippen molar-refractivity contribution in [1.29, 1.82) is 0 Å². The molecule has 0 radical (unpaired) electrons. The zero-order valence-electron chi connectivity index (χ0n) is 7.63. The topological polar surface area (TPSA) is 52.8 Å². The molecule has 3 heterocycles. The third-order valence-electron chi connectivity index (χ3n) is 2.48. The molecule has 5 heteroatoms. The number of pyridine rings is 1. The molecule has 0 bridgehead atoms. The molecule has 14 heavy (non-hydrogen) atoms. The van der Waals surface area contributed by atoms with Crippen LogP contribution < -0.4 is 0 Å². The molecule has 3 rings (SSSR count). The molecule has 1 aliphatic rings. The van der Waals surface area contributed by atoms with E-state index < -0.39 is 0 Å². The van der Waals surface area contributed by atoms with Gasteiger partial charge in [-0.3, -0.25) is 0 Å². The molecule has 0 spiro atoms. The minimum absolute atomic E-state index is 0.301. The van der Waals surface area contributed by atoms with Gasteiger partial charge < -0.3 is 4.74 Å². The van der Waals surface area contributed by atoms with E-state index in [2.05, 4.69) is 15.3 Å². The maximum atomic E-state index is 5.31. The Morgan fingerprint density at radius 3 is 3.36 bits per heavy atom. The van der Waals surface area contributed by atoms with E-state index in [1.165, 1.54) is 0 Å². The van der Waals surface area contributed by atoms with Crippen molar-refractivity contribution in [3.05, 3.63) is 18.3 Å². The second-order valence-electron chi connectivity index (χ2n) is 3.40. The van der Waals surface area contributed by atoms with Gasteiger partial charge in [0.1, 0.15) is 5.52 Å². The first-order valence-corrected chi connectivity index (χ1v) is 4.69. The van der Waals surface area contributed by atoms with Crippen LogP contribution in [0.4, 0.5) is 0 Å². The second-order valence-corrected chi connectivity index (χ2v) is 3.40. The molecular weight excluding hydrogens is 180 g/mol. The molecule has 0 aromatic carbocycles. The summed E-state index contributed by atoms with van der Waals surface area (Å²) in [6.45, 7) is 1.52. The molecule has 72 valence electrons. The highest BCUT2D eigenvalue weighted by molar-refractivity contribution is 5.68. The Bertz CT molecular complexity index is 447. The predicted octanol–water partition coefficient (Wildman–Crippen LogP) is 0.788. The van der Waals surface area contributed by atoms with Crippen LogP contribution in [0.1, 0.15) is 12.5 Å². The van der Waals surface area contributed by atoms with Gasteiger partial charge in [0.25, 0.3) is 0 Å². The maximum absolute atomic E-state index is 5.31. The standard InChI is InChI=1S/C9H10N4O/c1-2-8-9(10-4-1)13(12-11-8)7-3-5-14-6-7/h1-2,4,7H,3,5-6H2. The van der Waals surface area contributed by atoms with Gasteiger partial charge in [0.2, 0.25) is 0 Å². The first-order chi connectivity index (χ1) is 6.95. The van der Waals surface area contributed by atoms with Gasteiger partial charge in [-0.15, -0.1) is 5.10 Å². The number of aromatic nitrogens is 4. The fraction of sp³-hybridized carbons (Fsp3) is 0.444. The van der Waals surface area contributed by atoms with Crippen LogP contribution in [0.15, 0.2) is 18.3 Å². The summed E-state index contributed by atoms with van der Waals surface area (Å²) < 4.78 is 7.18. The Morgan fingerprint density at radius 2 is 2.50 bits per heavy atom. The third-order valence-corrected chi connectivity index (χ3v) is 2.48. The van der Waals surface area contributed by atoms with E-state index in [0.29, 0.717) is 6.04 Å². The summed E-state index contributed by atoms with van der Waals surface area (Å²) >= 11 is 0. The zero-order chi connectivity index (χ0) is 9.38. The summed E-state index contributed by atoms with van der Waals surface area (Å²) in [6, 6.07) is 4.09. The van der Waals surface area contributed by atoms with Crippen LogP contribution in [-0.2, 0) is 4.74 Å². The Kier molecular flexibility index (Phi) is 1.70. The van der Waals surface area contributed by atoms with Gasteiger partial charge in [-0.2, -0.15) is 0 Å². The lowest BCUT2D eigenvalue weighted by Gasteiger charge is -2.06. The molecule has 0 aliphatic carbocycles. The molecule has 1 aliphatic heterocycles. The number of nitrogens with zero attached hydrogens (tertiary/aromatic N) is 4. The van der Waals surface area contributed by atoms with Gasteiger partial charge in [-0.05, 0) is 18.6 Å². The summed E-state index contributed by atoms with van der Waals surface area (Å²) in [5, 5.41) is 8.16. The van der Waals surface area contributed by atoms with Gasteiger partial charge in [0.05, 0.1) is 12.6 Å². The SMILES string of the molecule is c1cnc2c(c1)nnn2C1CCOC1. The Hall–Kier alpha value is -1.49. The minimum Gasteiger partial charge on any atom is -0.379 e. The van der Waals surface area contributed by atoms with Crippen LogP contribution in [0.3, 0.4) is 0 Å². The van der Waals surface area contributed by atoms with Crippen LogP contribution in [0.25, 0.3) is 11.2 Å². The van der Waals surface area contributed by atoms with E-state index >= 15 is 0 Å². The first kappa shape index (κ1) is 7.87. The predicted molar refractivity (Wildman–Crippen MR) is 49.8 cm³/mol.